The Hall–Kier alpha value is -0.870. The fraction of sp³-hybridized carbons (Fsp3) is 0.615. The third kappa shape index (κ3) is 2.87. The van der Waals surface area contributed by atoms with Crippen molar-refractivity contribution in [1.29, 1.82) is 0 Å². The van der Waals surface area contributed by atoms with E-state index in [-0.39, 0.29) is 11.9 Å². The molecule has 1 saturated heterocycles. The Morgan fingerprint density at radius 3 is 3.06 bits per heavy atom. The van der Waals surface area contributed by atoms with Crippen LogP contribution in [-0.2, 0) is 9.53 Å². The molecular formula is C13H19NO2S. The molecule has 0 spiro atoms. The molecule has 1 fully saturated rings. The lowest BCUT2D eigenvalue weighted by atomic mass is 9.85. The Kier molecular flexibility index (Phi) is 4.18. The van der Waals surface area contributed by atoms with Crippen LogP contribution in [0, 0.1) is 12.8 Å². The largest absolute Gasteiger partial charge is 0.466 e. The molecule has 1 N–H and O–H groups in total. The van der Waals surface area contributed by atoms with E-state index in [4.69, 9.17) is 4.74 Å². The number of aryl methyl sites for hydroxylation is 1. The summed E-state index contributed by atoms with van der Waals surface area (Å²) in [6, 6.07) is 4.28. The van der Waals surface area contributed by atoms with Crippen LogP contribution in [0.15, 0.2) is 12.1 Å². The van der Waals surface area contributed by atoms with Crippen LogP contribution in [0.1, 0.15) is 29.0 Å². The van der Waals surface area contributed by atoms with Crippen molar-refractivity contribution in [1.82, 2.24) is 5.32 Å². The first-order chi connectivity index (χ1) is 8.22. The Morgan fingerprint density at radius 2 is 2.41 bits per heavy atom. The summed E-state index contributed by atoms with van der Waals surface area (Å²) in [5.74, 6) is 0.242. The van der Waals surface area contributed by atoms with Crippen LogP contribution < -0.4 is 5.32 Å². The molecule has 0 unspecified atom stereocenters. The highest BCUT2D eigenvalue weighted by Crippen LogP contribution is 2.35. The molecule has 4 heteroatoms. The zero-order valence-electron chi connectivity index (χ0n) is 10.4. The molecule has 0 aromatic carbocycles. The molecule has 17 heavy (non-hydrogen) atoms. The summed E-state index contributed by atoms with van der Waals surface area (Å²) in [4.78, 5) is 14.6. The quantitative estimate of drug-likeness (QED) is 0.840. The van der Waals surface area contributed by atoms with E-state index in [1.54, 1.807) is 11.3 Å². The van der Waals surface area contributed by atoms with Crippen molar-refractivity contribution in [2.24, 2.45) is 5.92 Å². The summed E-state index contributed by atoms with van der Waals surface area (Å²) in [5, 5.41) is 3.28. The number of esters is 1. The van der Waals surface area contributed by atoms with Gasteiger partial charge in [0.25, 0.3) is 0 Å². The number of thiophene rings is 1. The summed E-state index contributed by atoms with van der Waals surface area (Å²) >= 11 is 1.80. The maximum Gasteiger partial charge on any atom is 0.310 e. The van der Waals surface area contributed by atoms with Crippen molar-refractivity contribution < 1.29 is 9.53 Å². The topological polar surface area (TPSA) is 38.3 Å². The lowest BCUT2D eigenvalue weighted by Crippen LogP contribution is -2.40. The van der Waals surface area contributed by atoms with E-state index < -0.39 is 0 Å². The summed E-state index contributed by atoms with van der Waals surface area (Å²) in [6.45, 7) is 6.15. The van der Waals surface area contributed by atoms with Crippen LogP contribution in [0.2, 0.25) is 0 Å². The number of carbonyl (C=O) groups excluding carboxylic acids is 1. The van der Waals surface area contributed by atoms with E-state index in [2.05, 4.69) is 24.4 Å². The average molecular weight is 253 g/mol. The highest BCUT2D eigenvalue weighted by Gasteiger charge is 2.33. The van der Waals surface area contributed by atoms with Gasteiger partial charge in [0.15, 0.2) is 0 Å². The number of nitrogens with one attached hydrogen (secondary N) is 1. The standard InChI is InChI=1S/C13H19NO2S/c1-3-16-13(15)11-8-14-7-6-10(11)12-5-4-9(2)17-12/h4-5,10-11,14H,3,6-8H2,1-2H3/t10-,11+/m0/s1. The first-order valence-corrected chi connectivity index (χ1v) is 6.97. The molecule has 0 bridgehead atoms. The molecule has 0 saturated carbocycles. The molecule has 0 radical (unpaired) electrons. The monoisotopic (exact) mass is 253 g/mol. The first-order valence-electron chi connectivity index (χ1n) is 6.16. The minimum atomic E-state index is -0.0595. The maximum atomic E-state index is 11.9. The zero-order valence-corrected chi connectivity index (χ0v) is 11.2. The summed E-state index contributed by atoms with van der Waals surface area (Å²) in [7, 11) is 0. The SMILES string of the molecule is CCOC(=O)[C@@H]1CNCC[C@@H]1c1ccc(C)s1. The molecule has 2 rings (SSSR count). The van der Waals surface area contributed by atoms with Crippen LogP contribution in [0.3, 0.4) is 0 Å². The third-order valence-corrected chi connectivity index (χ3v) is 4.33. The number of hydrogen-bond donors (Lipinski definition) is 1. The second-order valence-electron chi connectivity index (χ2n) is 4.41. The second kappa shape index (κ2) is 5.65. The molecule has 1 aliphatic rings. The number of ether oxygens (including phenoxy) is 1. The van der Waals surface area contributed by atoms with Gasteiger partial charge in [-0.15, -0.1) is 11.3 Å². The van der Waals surface area contributed by atoms with E-state index >= 15 is 0 Å². The fourth-order valence-corrected chi connectivity index (χ4v) is 3.43. The Balaban J connectivity index is 2.14. The molecular weight excluding hydrogens is 234 g/mol. The van der Waals surface area contributed by atoms with Gasteiger partial charge in [-0.25, -0.2) is 0 Å². The van der Waals surface area contributed by atoms with E-state index in [1.807, 2.05) is 6.92 Å². The van der Waals surface area contributed by atoms with Gasteiger partial charge in [-0.1, -0.05) is 0 Å². The second-order valence-corrected chi connectivity index (χ2v) is 5.73. The highest BCUT2D eigenvalue weighted by atomic mass is 32.1. The Labute approximate surface area is 106 Å². The fourth-order valence-electron chi connectivity index (χ4n) is 2.35. The summed E-state index contributed by atoms with van der Waals surface area (Å²) < 4.78 is 5.17. The van der Waals surface area contributed by atoms with Gasteiger partial charge >= 0.3 is 5.97 Å². The third-order valence-electron chi connectivity index (χ3n) is 3.20. The molecule has 94 valence electrons. The zero-order chi connectivity index (χ0) is 12.3. The van der Waals surface area contributed by atoms with Crippen LogP contribution in [0.4, 0.5) is 0 Å². The smallest absolute Gasteiger partial charge is 0.310 e. The van der Waals surface area contributed by atoms with Gasteiger partial charge in [-0.3, -0.25) is 4.79 Å². The predicted molar refractivity (Wildman–Crippen MR) is 69.4 cm³/mol. The lowest BCUT2D eigenvalue weighted by Gasteiger charge is -2.29. The van der Waals surface area contributed by atoms with Gasteiger partial charge in [0.1, 0.15) is 0 Å². The molecule has 2 heterocycles. The van der Waals surface area contributed by atoms with E-state index in [0.717, 1.165) is 19.5 Å². The molecule has 1 aliphatic heterocycles. The molecule has 1 aromatic rings. The lowest BCUT2D eigenvalue weighted by molar-refractivity contribution is -0.149. The molecule has 2 atom stereocenters. The summed E-state index contributed by atoms with van der Waals surface area (Å²) in [5.41, 5.74) is 0. The van der Waals surface area contributed by atoms with Crippen LogP contribution in [0.25, 0.3) is 0 Å². The maximum absolute atomic E-state index is 11.9. The van der Waals surface area contributed by atoms with Gasteiger partial charge in [0.05, 0.1) is 12.5 Å². The van der Waals surface area contributed by atoms with Crippen molar-refractivity contribution in [2.75, 3.05) is 19.7 Å². The molecule has 0 amide bonds. The van der Waals surface area contributed by atoms with Crippen molar-refractivity contribution in [3.05, 3.63) is 21.9 Å². The Morgan fingerprint density at radius 1 is 1.59 bits per heavy atom. The van der Waals surface area contributed by atoms with Crippen molar-refractivity contribution >= 4 is 17.3 Å². The van der Waals surface area contributed by atoms with Crippen molar-refractivity contribution in [2.45, 2.75) is 26.2 Å². The van der Waals surface area contributed by atoms with Crippen molar-refractivity contribution in [3.8, 4) is 0 Å². The van der Waals surface area contributed by atoms with Gasteiger partial charge in [0.2, 0.25) is 0 Å². The highest BCUT2D eigenvalue weighted by molar-refractivity contribution is 7.12. The van der Waals surface area contributed by atoms with Gasteiger partial charge in [0, 0.05) is 22.2 Å². The number of carbonyl (C=O) groups is 1. The van der Waals surface area contributed by atoms with Gasteiger partial charge in [-0.2, -0.15) is 0 Å². The number of piperidine rings is 1. The average Bonchev–Trinajstić information content (AvgIpc) is 2.76. The number of hydrogen-bond acceptors (Lipinski definition) is 4. The molecule has 3 nitrogen and oxygen atoms in total. The van der Waals surface area contributed by atoms with E-state index in [0.29, 0.717) is 12.5 Å². The van der Waals surface area contributed by atoms with Gasteiger partial charge < -0.3 is 10.1 Å². The van der Waals surface area contributed by atoms with Crippen LogP contribution >= 0.6 is 11.3 Å². The predicted octanol–water partition coefficient (Wildman–Crippen LogP) is 2.31. The minimum absolute atomic E-state index is 0.0262. The summed E-state index contributed by atoms with van der Waals surface area (Å²) in [6.07, 6.45) is 1.02. The van der Waals surface area contributed by atoms with Crippen LogP contribution in [0.5, 0.6) is 0 Å². The molecule has 1 aromatic heterocycles. The Bertz CT molecular complexity index is 389. The van der Waals surface area contributed by atoms with E-state index in [9.17, 15) is 4.79 Å². The first kappa shape index (κ1) is 12.6. The minimum Gasteiger partial charge on any atom is -0.466 e. The van der Waals surface area contributed by atoms with E-state index in [1.165, 1.54) is 9.75 Å². The van der Waals surface area contributed by atoms with Gasteiger partial charge in [-0.05, 0) is 38.9 Å². The van der Waals surface area contributed by atoms with Crippen LogP contribution in [-0.4, -0.2) is 25.7 Å². The normalized spacial score (nSPS) is 24.6. The van der Waals surface area contributed by atoms with Crippen molar-refractivity contribution in [3.63, 3.8) is 0 Å². The molecule has 0 aliphatic carbocycles. The number of rotatable bonds is 3.